The molecule has 0 amide bonds. The summed E-state index contributed by atoms with van der Waals surface area (Å²) < 4.78 is 25.3. The molecule has 0 bridgehead atoms. The van der Waals surface area contributed by atoms with Gasteiger partial charge in [-0.25, -0.2) is 19.4 Å². The zero-order valence-electron chi connectivity index (χ0n) is 22.9. The number of nitrogens with two attached hydrogens (primary N) is 1. The number of halogens is 1. The molecule has 222 valence electrons. The van der Waals surface area contributed by atoms with Gasteiger partial charge in [-0.05, 0) is 48.0 Å². The summed E-state index contributed by atoms with van der Waals surface area (Å²) in [5, 5.41) is -0.145. The first-order valence-corrected chi connectivity index (χ1v) is 13.8. The minimum absolute atomic E-state index is 0.0231. The number of carbonyl (C=O) groups is 3. The Morgan fingerprint density at radius 3 is 1.86 bits per heavy atom. The summed E-state index contributed by atoms with van der Waals surface area (Å²) in [4.78, 5) is 51.9. The molecule has 4 atom stereocenters. The van der Waals surface area contributed by atoms with Crippen molar-refractivity contribution < 1.29 is 33.3 Å². The maximum Gasteiger partial charge on any atom is 0.338 e. The van der Waals surface area contributed by atoms with E-state index < -0.39 is 42.4 Å². The van der Waals surface area contributed by atoms with Crippen molar-refractivity contribution in [3.05, 3.63) is 119 Å². The molecule has 0 spiro atoms. The summed E-state index contributed by atoms with van der Waals surface area (Å²) in [5.41, 5.74) is 7.25. The Hall–Kier alpha value is -5.33. The van der Waals surface area contributed by atoms with Gasteiger partial charge in [0.05, 0.1) is 23.0 Å². The molecule has 1 aliphatic rings. The average molecular weight is 614 g/mol. The van der Waals surface area contributed by atoms with E-state index in [4.69, 9.17) is 36.3 Å². The minimum Gasteiger partial charge on any atom is -0.459 e. The summed E-state index contributed by atoms with van der Waals surface area (Å²) in [5.74, 6) is -2.01. The van der Waals surface area contributed by atoms with E-state index in [0.717, 1.165) is 0 Å². The first-order valence-electron chi connectivity index (χ1n) is 13.4. The molecule has 3 aromatic carbocycles. The van der Waals surface area contributed by atoms with Crippen molar-refractivity contribution in [1.82, 2.24) is 19.5 Å². The van der Waals surface area contributed by atoms with E-state index in [0.29, 0.717) is 5.56 Å². The number of rotatable bonds is 8. The number of anilines is 1. The highest BCUT2D eigenvalue weighted by atomic mass is 35.5. The highest BCUT2D eigenvalue weighted by Gasteiger charge is 2.52. The third kappa shape index (κ3) is 5.93. The number of hydrogen-bond acceptors (Lipinski definition) is 11. The van der Waals surface area contributed by atoms with Crippen molar-refractivity contribution in [3.8, 4) is 0 Å². The van der Waals surface area contributed by atoms with Gasteiger partial charge in [-0.1, -0.05) is 54.6 Å². The van der Waals surface area contributed by atoms with Crippen LogP contribution < -0.4 is 5.73 Å². The second-order valence-electron chi connectivity index (χ2n) is 9.70. The number of esters is 3. The molecular formula is C31H24ClN5O7. The maximum atomic E-state index is 13.4. The minimum atomic E-state index is -1.26. The number of aromatic nitrogens is 4. The normalized spacial score (nSPS) is 19.4. The van der Waals surface area contributed by atoms with Gasteiger partial charge < -0.3 is 24.7 Å². The molecule has 6 rings (SSSR count). The summed E-state index contributed by atoms with van der Waals surface area (Å²) in [6.45, 7) is -0.346. The summed E-state index contributed by atoms with van der Waals surface area (Å²) >= 11 is 6.10. The number of nitrogens with zero attached hydrogens (tertiary/aromatic N) is 4. The lowest BCUT2D eigenvalue weighted by Gasteiger charge is -2.25. The highest BCUT2D eigenvalue weighted by Crippen LogP contribution is 2.37. The quantitative estimate of drug-likeness (QED) is 0.151. The van der Waals surface area contributed by atoms with Crippen LogP contribution in [0.5, 0.6) is 0 Å². The van der Waals surface area contributed by atoms with Gasteiger partial charge in [0.25, 0.3) is 0 Å². The average Bonchev–Trinajstić information content (AvgIpc) is 3.62. The first-order chi connectivity index (χ1) is 21.4. The van der Waals surface area contributed by atoms with Gasteiger partial charge in [-0.3, -0.25) is 4.57 Å². The van der Waals surface area contributed by atoms with E-state index >= 15 is 0 Å². The molecule has 2 N–H and O–H groups in total. The Balaban J connectivity index is 1.39. The van der Waals surface area contributed by atoms with Crippen molar-refractivity contribution in [2.75, 3.05) is 12.3 Å². The fourth-order valence-electron chi connectivity index (χ4n) is 4.78. The van der Waals surface area contributed by atoms with E-state index in [9.17, 15) is 14.4 Å². The fourth-order valence-corrected chi connectivity index (χ4v) is 4.95. The second kappa shape index (κ2) is 12.5. The molecule has 1 saturated heterocycles. The van der Waals surface area contributed by atoms with E-state index in [-0.39, 0.29) is 40.0 Å². The number of imidazole rings is 1. The van der Waals surface area contributed by atoms with Gasteiger partial charge in [0.2, 0.25) is 5.28 Å². The third-order valence-corrected chi connectivity index (χ3v) is 7.04. The van der Waals surface area contributed by atoms with Crippen molar-refractivity contribution in [3.63, 3.8) is 0 Å². The van der Waals surface area contributed by atoms with E-state index in [2.05, 4.69) is 15.0 Å². The number of nitrogen functional groups attached to an aromatic ring is 1. The van der Waals surface area contributed by atoms with Gasteiger partial charge in [0.1, 0.15) is 18.2 Å². The van der Waals surface area contributed by atoms with Crippen LogP contribution in [0.1, 0.15) is 37.3 Å². The van der Waals surface area contributed by atoms with Gasteiger partial charge in [-0.15, -0.1) is 0 Å². The van der Waals surface area contributed by atoms with Gasteiger partial charge in [-0.2, -0.15) is 9.97 Å². The zero-order chi connectivity index (χ0) is 30.6. The lowest BCUT2D eigenvalue weighted by Crippen LogP contribution is -2.41. The Morgan fingerprint density at radius 2 is 1.30 bits per heavy atom. The molecule has 0 saturated carbocycles. The number of hydrogen-bond donors (Lipinski definition) is 1. The molecule has 2 unspecified atom stereocenters. The van der Waals surface area contributed by atoms with Crippen LogP contribution in [0.2, 0.25) is 5.28 Å². The molecule has 2 aromatic heterocycles. The van der Waals surface area contributed by atoms with E-state index in [1.54, 1.807) is 91.0 Å². The Bertz CT molecular complexity index is 1800. The Labute approximate surface area is 255 Å². The van der Waals surface area contributed by atoms with Crippen LogP contribution in [0.15, 0.2) is 97.3 Å². The molecule has 1 fully saturated rings. The topological polar surface area (TPSA) is 158 Å². The molecule has 3 heterocycles. The van der Waals surface area contributed by atoms with Gasteiger partial charge >= 0.3 is 17.9 Å². The van der Waals surface area contributed by atoms with Crippen molar-refractivity contribution in [2.45, 2.75) is 24.5 Å². The molecule has 1 aliphatic heterocycles. The fraction of sp³-hybridized carbons (Fsp3) is 0.161. The standard InChI is InChI=1S/C31H24ClN5O7/c32-31-35-25(33)22-26(36-31)37(17-34-22)27-24(44-30(40)20-14-8-3-9-15-20)23(43-29(39)19-12-6-2-7-13-19)21(42-27)16-41-28(38)18-10-4-1-5-11-18/h1-15,17,21,23-24,27H,16H2,(H2,33,35,36)/t21-,23?,24?,27-/m1/s1. The van der Waals surface area contributed by atoms with Gasteiger partial charge in [0, 0.05) is 0 Å². The molecule has 5 aromatic rings. The number of fused-ring (bicyclic) bond motifs is 1. The highest BCUT2D eigenvalue weighted by molar-refractivity contribution is 6.28. The van der Waals surface area contributed by atoms with Crippen LogP contribution >= 0.6 is 11.6 Å². The van der Waals surface area contributed by atoms with Crippen molar-refractivity contribution in [1.29, 1.82) is 0 Å². The SMILES string of the molecule is Nc1nc(Cl)nc2c1ncn2[C@@H]1O[C@H](COC(=O)c2ccccc2)C(OC(=O)c2ccccc2)C1OC(=O)c1ccccc1. The Kier molecular flexibility index (Phi) is 8.17. The van der Waals surface area contributed by atoms with Gasteiger partial charge in [0.15, 0.2) is 29.9 Å². The van der Waals surface area contributed by atoms with E-state index in [1.807, 2.05) is 0 Å². The van der Waals surface area contributed by atoms with Crippen LogP contribution in [0.4, 0.5) is 5.82 Å². The van der Waals surface area contributed by atoms with Crippen molar-refractivity contribution in [2.24, 2.45) is 0 Å². The molecular weight excluding hydrogens is 590 g/mol. The zero-order valence-corrected chi connectivity index (χ0v) is 23.6. The van der Waals surface area contributed by atoms with Crippen LogP contribution in [-0.2, 0) is 18.9 Å². The molecule has 0 aliphatic carbocycles. The summed E-state index contributed by atoms with van der Waals surface area (Å²) in [6.07, 6.45) is -3.37. The van der Waals surface area contributed by atoms with E-state index in [1.165, 1.54) is 10.9 Å². The van der Waals surface area contributed by atoms with Crippen LogP contribution in [-0.4, -0.2) is 62.3 Å². The molecule has 44 heavy (non-hydrogen) atoms. The largest absolute Gasteiger partial charge is 0.459 e. The monoisotopic (exact) mass is 613 g/mol. The number of ether oxygens (including phenoxy) is 4. The first kappa shape index (κ1) is 28.8. The number of benzene rings is 3. The predicted molar refractivity (Wildman–Crippen MR) is 157 cm³/mol. The Morgan fingerprint density at radius 1 is 0.773 bits per heavy atom. The molecule has 13 heteroatoms. The summed E-state index contributed by atoms with van der Waals surface area (Å²) in [6, 6.07) is 24.9. The molecule has 12 nitrogen and oxygen atoms in total. The van der Waals surface area contributed by atoms with Crippen LogP contribution in [0, 0.1) is 0 Å². The van der Waals surface area contributed by atoms with Crippen LogP contribution in [0.3, 0.4) is 0 Å². The van der Waals surface area contributed by atoms with Crippen molar-refractivity contribution >= 4 is 46.5 Å². The lowest BCUT2D eigenvalue weighted by molar-refractivity contribution is -0.0606. The second-order valence-corrected chi connectivity index (χ2v) is 10.0. The van der Waals surface area contributed by atoms with Crippen LogP contribution in [0.25, 0.3) is 11.2 Å². The lowest BCUT2D eigenvalue weighted by atomic mass is 10.1. The summed E-state index contributed by atoms with van der Waals surface area (Å²) in [7, 11) is 0. The maximum absolute atomic E-state index is 13.4. The predicted octanol–water partition coefficient (Wildman–Crippen LogP) is 4.27. The third-order valence-electron chi connectivity index (χ3n) is 6.87. The smallest absolute Gasteiger partial charge is 0.338 e. The molecule has 0 radical (unpaired) electrons. The number of carbonyl (C=O) groups excluding carboxylic acids is 3.